The van der Waals surface area contributed by atoms with E-state index in [1.165, 1.54) is 55.6 Å². The highest BCUT2D eigenvalue weighted by Crippen LogP contribution is 2.31. The second-order valence-electron chi connectivity index (χ2n) is 8.89. The van der Waals surface area contributed by atoms with Gasteiger partial charge >= 0.3 is 12.1 Å². The highest BCUT2D eigenvalue weighted by Gasteiger charge is 2.30. The number of carbonyl (C=O) groups is 2. The monoisotopic (exact) mass is 571 g/mol. The molecule has 1 amide bonds. The van der Waals surface area contributed by atoms with Crippen LogP contribution in [0.3, 0.4) is 0 Å². The molecule has 0 radical (unpaired) electrons. The first kappa shape index (κ1) is 28.6. The number of phenols is 1. The number of esters is 1. The lowest BCUT2D eigenvalue weighted by Crippen LogP contribution is -2.43. The van der Waals surface area contributed by atoms with Gasteiger partial charge in [0.15, 0.2) is 0 Å². The average molecular weight is 572 g/mol. The Kier molecular flexibility index (Phi) is 8.44. The lowest BCUT2D eigenvalue weighted by atomic mass is 9.99. The van der Waals surface area contributed by atoms with E-state index < -0.39 is 35.5 Å². The maximum atomic E-state index is 13.6. The Bertz CT molecular complexity index is 1540. The molecule has 0 aliphatic rings. The van der Waals surface area contributed by atoms with E-state index in [0.717, 1.165) is 12.1 Å². The molecule has 0 saturated heterocycles. The molecule has 1 atom stereocenters. The summed E-state index contributed by atoms with van der Waals surface area (Å²) in [6.07, 6.45) is -4.39. The van der Waals surface area contributed by atoms with Crippen molar-refractivity contribution >= 4 is 23.5 Å². The molecule has 2 N–H and O–H groups in total. The summed E-state index contributed by atoms with van der Waals surface area (Å²) in [5.74, 6) is -2.40. The smallest absolute Gasteiger partial charge is 0.416 e. The van der Waals surface area contributed by atoms with Crippen LogP contribution in [-0.2, 0) is 22.1 Å². The van der Waals surface area contributed by atoms with Gasteiger partial charge in [-0.3, -0.25) is 4.79 Å². The zero-order chi connectivity index (χ0) is 29.0. The van der Waals surface area contributed by atoms with Gasteiger partial charge < -0.3 is 15.2 Å². The van der Waals surface area contributed by atoms with Gasteiger partial charge in [-0.05, 0) is 64.2 Å². The minimum Gasteiger partial charge on any atom is -0.507 e. The van der Waals surface area contributed by atoms with E-state index in [9.17, 15) is 32.3 Å². The van der Waals surface area contributed by atoms with Gasteiger partial charge in [0.25, 0.3) is 5.91 Å². The quantitative estimate of drug-likeness (QED) is 0.184. The van der Waals surface area contributed by atoms with Crippen LogP contribution in [0.25, 0.3) is 22.3 Å². The Morgan fingerprint density at radius 2 is 1.43 bits per heavy atom. The summed E-state index contributed by atoms with van der Waals surface area (Å²) in [7, 11) is 1.17. The fourth-order valence-electron chi connectivity index (χ4n) is 4.07. The van der Waals surface area contributed by atoms with E-state index in [1.54, 1.807) is 24.3 Å². The van der Waals surface area contributed by atoms with Crippen molar-refractivity contribution in [1.29, 1.82) is 0 Å². The summed E-state index contributed by atoms with van der Waals surface area (Å²) < 4.78 is 56.9. The first-order chi connectivity index (χ1) is 19.0. The molecule has 5 nitrogen and oxygen atoms in total. The molecular weight excluding hydrogens is 550 g/mol. The molecule has 0 aliphatic heterocycles. The third kappa shape index (κ3) is 6.60. The van der Waals surface area contributed by atoms with Crippen LogP contribution < -0.4 is 5.32 Å². The summed E-state index contributed by atoms with van der Waals surface area (Å²) in [5, 5.41) is 12.8. The number of rotatable bonds is 7. The van der Waals surface area contributed by atoms with Crippen LogP contribution in [-0.4, -0.2) is 30.1 Å². The summed E-state index contributed by atoms with van der Waals surface area (Å²) in [6, 6.07) is 18.6. The van der Waals surface area contributed by atoms with Crippen molar-refractivity contribution in [1.82, 2.24) is 5.32 Å². The predicted molar refractivity (Wildman–Crippen MR) is 142 cm³/mol. The molecule has 0 bridgehead atoms. The molecule has 1 unspecified atom stereocenters. The second kappa shape index (κ2) is 11.8. The van der Waals surface area contributed by atoms with Crippen molar-refractivity contribution in [3.63, 3.8) is 0 Å². The Balaban J connectivity index is 1.51. The summed E-state index contributed by atoms with van der Waals surface area (Å²) in [5.41, 5.74) is 2.02. The van der Waals surface area contributed by atoms with Crippen molar-refractivity contribution in [3.8, 4) is 28.0 Å². The fraction of sp³-hybridized carbons (Fsp3) is 0.133. The first-order valence-corrected chi connectivity index (χ1v) is 12.3. The molecular formula is C30H22ClF4NO4. The second-order valence-corrected chi connectivity index (χ2v) is 9.29. The normalized spacial score (nSPS) is 12.1. The standard InChI is InChI=1S/C30H22ClF4NO4/c1-40-29(39)26(14-17-2-4-18(5-3-17)19-6-10-22(11-7-19)30(33,34)35)36-28(38)23-15-20(9-13-27(23)37)21-8-12-25(32)24(31)16-21/h2-13,15-16,26,37H,14H2,1H3,(H,36,38). The number of hydrogen-bond donors (Lipinski definition) is 2. The van der Waals surface area contributed by atoms with Gasteiger partial charge in [0.1, 0.15) is 17.6 Å². The number of carbonyl (C=O) groups excluding carboxylic acids is 2. The van der Waals surface area contributed by atoms with Crippen molar-refractivity contribution in [2.24, 2.45) is 0 Å². The van der Waals surface area contributed by atoms with E-state index in [2.05, 4.69) is 5.32 Å². The van der Waals surface area contributed by atoms with Gasteiger partial charge in [0, 0.05) is 6.42 Å². The Morgan fingerprint density at radius 1 is 0.875 bits per heavy atom. The van der Waals surface area contributed by atoms with Crippen LogP contribution in [0.5, 0.6) is 5.75 Å². The number of halogens is 5. The number of ether oxygens (including phenoxy) is 1. The van der Waals surface area contributed by atoms with E-state index in [1.807, 2.05) is 0 Å². The maximum Gasteiger partial charge on any atom is 0.416 e. The number of methoxy groups -OCH3 is 1. The molecule has 4 aromatic carbocycles. The van der Waals surface area contributed by atoms with Gasteiger partial charge in [-0.1, -0.05) is 60.1 Å². The predicted octanol–water partition coefficient (Wildman–Crippen LogP) is 7.05. The van der Waals surface area contributed by atoms with E-state index in [4.69, 9.17) is 16.3 Å². The number of amides is 1. The molecule has 4 rings (SSSR count). The fourth-order valence-corrected chi connectivity index (χ4v) is 4.25. The Labute approximate surface area is 232 Å². The van der Waals surface area contributed by atoms with Crippen molar-refractivity contribution in [2.75, 3.05) is 7.11 Å². The SMILES string of the molecule is COC(=O)C(Cc1ccc(-c2ccc(C(F)(F)F)cc2)cc1)NC(=O)c1cc(-c2ccc(F)c(Cl)c2)ccc1O. The Hall–Kier alpha value is -4.37. The van der Waals surface area contributed by atoms with Crippen molar-refractivity contribution < 1.29 is 37.0 Å². The highest BCUT2D eigenvalue weighted by molar-refractivity contribution is 6.31. The molecule has 0 heterocycles. The molecule has 0 saturated carbocycles. The third-order valence-electron chi connectivity index (χ3n) is 6.22. The van der Waals surface area contributed by atoms with Gasteiger partial charge in [-0.15, -0.1) is 0 Å². The lowest BCUT2D eigenvalue weighted by Gasteiger charge is -2.18. The molecule has 0 aromatic heterocycles. The number of aromatic hydroxyl groups is 1. The van der Waals surface area contributed by atoms with Crippen LogP contribution in [0.2, 0.25) is 5.02 Å². The van der Waals surface area contributed by atoms with E-state index >= 15 is 0 Å². The van der Waals surface area contributed by atoms with Crippen LogP contribution in [0.4, 0.5) is 17.6 Å². The molecule has 4 aromatic rings. The minimum atomic E-state index is -4.43. The lowest BCUT2D eigenvalue weighted by molar-refractivity contribution is -0.143. The number of benzene rings is 4. The van der Waals surface area contributed by atoms with Gasteiger partial charge in [-0.2, -0.15) is 13.2 Å². The summed E-state index contributed by atoms with van der Waals surface area (Å²) in [4.78, 5) is 25.6. The molecule has 0 fully saturated rings. The molecule has 40 heavy (non-hydrogen) atoms. The maximum absolute atomic E-state index is 13.6. The highest BCUT2D eigenvalue weighted by atomic mass is 35.5. The topological polar surface area (TPSA) is 75.6 Å². The Morgan fingerprint density at radius 3 is 2.00 bits per heavy atom. The molecule has 0 spiro atoms. The molecule has 206 valence electrons. The van der Waals surface area contributed by atoms with Crippen molar-refractivity contribution in [3.05, 3.63) is 112 Å². The number of hydrogen-bond acceptors (Lipinski definition) is 4. The number of nitrogens with one attached hydrogen (secondary N) is 1. The number of phenolic OH excluding ortho intramolecular Hbond substituents is 1. The molecule has 0 aliphatic carbocycles. The first-order valence-electron chi connectivity index (χ1n) is 11.9. The molecule has 10 heteroatoms. The van der Waals surface area contributed by atoms with Crippen LogP contribution >= 0.6 is 11.6 Å². The van der Waals surface area contributed by atoms with Gasteiger partial charge in [0.05, 0.1) is 23.3 Å². The average Bonchev–Trinajstić information content (AvgIpc) is 2.94. The van der Waals surface area contributed by atoms with Crippen LogP contribution in [0, 0.1) is 5.82 Å². The number of alkyl halides is 3. The zero-order valence-corrected chi connectivity index (χ0v) is 21.7. The third-order valence-corrected chi connectivity index (χ3v) is 6.51. The van der Waals surface area contributed by atoms with Gasteiger partial charge in [0.2, 0.25) is 0 Å². The minimum absolute atomic E-state index is 0.0414. The van der Waals surface area contributed by atoms with Crippen molar-refractivity contribution in [2.45, 2.75) is 18.6 Å². The zero-order valence-electron chi connectivity index (χ0n) is 20.9. The summed E-state index contributed by atoms with van der Waals surface area (Å²) >= 11 is 5.87. The van der Waals surface area contributed by atoms with Crippen LogP contribution in [0.1, 0.15) is 21.5 Å². The van der Waals surface area contributed by atoms with E-state index in [0.29, 0.717) is 27.8 Å². The van der Waals surface area contributed by atoms with Crippen LogP contribution in [0.15, 0.2) is 84.9 Å². The van der Waals surface area contributed by atoms with E-state index in [-0.39, 0.29) is 22.8 Å². The largest absolute Gasteiger partial charge is 0.507 e. The summed E-state index contributed by atoms with van der Waals surface area (Å²) in [6.45, 7) is 0. The van der Waals surface area contributed by atoms with Gasteiger partial charge in [-0.25, -0.2) is 9.18 Å².